The van der Waals surface area contributed by atoms with Gasteiger partial charge in [0.15, 0.2) is 0 Å². The van der Waals surface area contributed by atoms with Gasteiger partial charge in [-0.2, -0.15) is 5.10 Å². The van der Waals surface area contributed by atoms with Crippen LogP contribution in [0.1, 0.15) is 19.4 Å². The van der Waals surface area contributed by atoms with E-state index in [4.69, 9.17) is 18.0 Å². The number of nitrogens with two attached hydrogens (primary N) is 1. The molecule has 5 nitrogen and oxygen atoms in total. The summed E-state index contributed by atoms with van der Waals surface area (Å²) in [6, 6.07) is 0. The molecular formula is C11H18N4OS. The minimum atomic E-state index is -0.401. The minimum Gasteiger partial charge on any atom is -0.393 e. The van der Waals surface area contributed by atoms with Crippen molar-refractivity contribution in [1.82, 2.24) is 15.1 Å². The van der Waals surface area contributed by atoms with Gasteiger partial charge in [0.1, 0.15) is 0 Å². The maximum absolute atomic E-state index is 12.2. The van der Waals surface area contributed by atoms with E-state index in [0.717, 1.165) is 5.56 Å². The monoisotopic (exact) mass is 254 g/mol. The van der Waals surface area contributed by atoms with Crippen molar-refractivity contribution in [3.8, 4) is 0 Å². The van der Waals surface area contributed by atoms with Crippen molar-refractivity contribution in [2.24, 2.45) is 17.6 Å². The smallest absolute Gasteiger partial charge is 0.232 e. The molecule has 3 N–H and O–H groups in total. The van der Waals surface area contributed by atoms with Gasteiger partial charge in [-0.3, -0.25) is 9.89 Å². The molecule has 6 heteroatoms. The van der Waals surface area contributed by atoms with Gasteiger partial charge in [-0.25, -0.2) is 0 Å². The maximum Gasteiger partial charge on any atom is 0.232 e. The number of nitrogens with one attached hydrogen (secondary N) is 1. The number of thiocarbonyl (C=S) groups is 1. The number of H-pyrrole nitrogens is 1. The number of hydrogen-bond acceptors (Lipinski definition) is 3. The van der Waals surface area contributed by atoms with Crippen LogP contribution < -0.4 is 5.73 Å². The van der Waals surface area contributed by atoms with Crippen molar-refractivity contribution in [1.29, 1.82) is 0 Å². The minimum absolute atomic E-state index is 0.0475. The van der Waals surface area contributed by atoms with E-state index in [1.165, 1.54) is 0 Å². The number of carbonyl (C=O) groups excluding carboxylic acids is 1. The van der Waals surface area contributed by atoms with Gasteiger partial charge in [-0.05, 0) is 5.92 Å². The molecule has 0 saturated heterocycles. The lowest BCUT2D eigenvalue weighted by molar-refractivity contribution is -0.133. The molecule has 94 valence electrons. The number of amides is 1. The van der Waals surface area contributed by atoms with Crippen molar-refractivity contribution in [3.63, 3.8) is 0 Å². The topological polar surface area (TPSA) is 75.0 Å². The highest BCUT2D eigenvalue weighted by atomic mass is 32.1. The maximum atomic E-state index is 12.2. The largest absolute Gasteiger partial charge is 0.393 e. The molecule has 0 saturated carbocycles. The highest BCUT2D eigenvalue weighted by molar-refractivity contribution is 7.80. The molecule has 1 amide bonds. The quantitative estimate of drug-likeness (QED) is 0.766. The first-order valence-corrected chi connectivity index (χ1v) is 5.86. The Morgan fingerprint density at radius 1 is 1.65 bits per heavy atom. The second kappa shape index (κ2) is 5.77. The molecule has 1 rings (SSSR count). The van der Waals surface area contributed by atoms with Crippen molar-refractivity contribution in [2.75, 3.05) is 7.05 Å². The molecule has 0 spiro atoms. The molecule has 1 aromatic rings. The van der Waals surface area contributed by atoms with Crippen LogP contribution in [-0.4, -0.2) is 33.0 Å². The van der Waals surface area contributed by atoms with Gasteiger partial charge < -0.3 is 10.6 Å². The molecule has 1 aromatic heterocycles. The highest BCUT2D eigenvalue weighted by Crippen LogP contribution is 2.15. The summed E-state index contributed by atoms with van der Waals surface area (Å²) in [4.78, 5) is 14.1. The van der Waals surface area contributed by atoms with Crippen LogP contribution in [0.4, 0.5) is 0 Å². The zero-order chi connectivity index (χ0) is 13.0. The normalized spacial score (nSPS) is 12.5. The fourth-order valence-corrected chi connectivity index (χ4v) is 2.06. The zero-order valence-electron chi connectivity index (χ0n) is 10.3. The third-order valence-corrected chi connectivity index (χ3v) is 2.84. The number of aromatic nitrogens is 2. The fraction of sp³-hybridized carbons (Fsp3) is 0.545. The number of rotatable bonds is 5. The molecule has 0 bridgehead atoms. The van der Waals surface area contributed by atoms with Crippen LogP contribution in [-0.2, 0) is 11.3 Å². The molecule has 0 aliphatic heterocycles. The second-order valence-electron chi connectivity index (χ2n) is 4.42. The van der Waals surface area contributed by atoms with Gasteiger partial charge in [-0.1, -0.05) is 26.1 Å². The Balaban J connectivity index is 2.70. The molecule has 0 aliphatic rings. The third kappa shape index (κ3) is 3.52. The fourth-order valence-electron chi connectivity index (χ4n) is 1.69. The van der Waals surface area contributed by atoms with E-state index in [-0.39, 0.29) is 16.8 Å². The molecule has 17 heavy (non-hydrogen) atoms. The van der Waals surface area contributed by atoms with E-state index >= 15 is 0 Å². The third-order valence-electron chi connectivity index (χ3n) is 2.59. The van der Waals surface area contributed by atoms with Crippen LogP contribution in [0.2, 0.25) is 0 Å². The van der Waals surface area contributed by atoms with Crippen LogP contribution in [0.15, 0.2) is 12.4 Å². The summed E-state index contributed by atoms with van der Waals surface area (Å²) in [5.41, 5.74) is 6.57. The van der Waals surface area contributed by atoms with Gasteiger partial charge in [-0.15, -0.1) is 0 Å². The van der Waals surface area contributed by atoms with Gasteiger partial charge in [0.05, 0.1) is 17.1 Å². The number of aromatic amines is 1. The lowest BCUT2D eigenvalue weighted by atomic mass is 9.94. The van der Waals surface area contributed by atoms with Gasteiger partial charge in [0.25, 0.3) is 0 Å². The van der Waals surface area contributed by atoms with Crippen molar-refractivity contribution < 1.29 is 4.79 Å². The van der Waals surface area contributed by atoms with Gasteiger partial charge >= 0.3 is 0 Å². The summed E-state index contributed by atoms with van der Waals surface area (Å²) in [5.74, 6) is -0.345. The molecule has 1 heterocycles. The Bertz CT molecular complexity index is 388. The summed E-state index contributed by atoms with van der Waals surface area (Å²) in [6.07, 6.45) is 3.45. The van der Waals surface area contributed by atoms with Crippen LogP contribution in [0, 0.1) is 11.8 Å². The van der Waals surface area contributed by atoms with Gasteiger partial charge in [0.2, 0.25) is 5.91 Å². The SMILES string of the molecule is CC(C)C(C(=O)N(C)Cc1cn[nH]c1)C(N)=S. The summed E-state index contributed by atoms with van der Waals surface area (Å²) in [5, 5.41) is 6.55. The predicted octanol–water partition coefficient (Wildman–Crippen LogP) is 0.926. The Morgan fingerprint density at radius 3 is 2.71 bits per heavy atom. The van der Waals surface area contributed by atoms with Gasteiger partial charge in [0, 0.05) is 25.4 Å². The van der Waals surface area contributed by atoms with E-state index in [9.17, 15) is 4.79 Å². The summed E-state index contributed by atoms with van der Waals surface area (Å²) in [6.45, 7) is 4.38. The average Bonchev–Trinajstić information content (AvgIpc) is 2.68. The molecular weight excluding hydrogens is 236 g/mol. The van der Waals surface area contributed by atoms with E-state index in [1.54, 1.807) is 24.3 Å². The Hall–Kier alpha value is -1.43. The van der Waals surface area contributed by atoms with Crippen molar-refractivity contribution in [2.45, 2.75) is 20.4 Å². The van der Waals surface area contributed by atoms with E-state index in [1.807, 2.05) is 13.8 Å². The Morgan fingerprint density at radius 2 is 2.29 bits per heavy atom. The van der Waals surface area contributed by atoms with Crippen LogP contribution >= 0.6 is 12.2 Å². The van der Waals surface area contributed by atoms with Crippen LogP contribution in [0.3, 0.4) is 0 Å². The summed E-state index contributed by atoms with van der Waals surface area (Å²) < 4.78 is 0. The van der Waals surface area contributed by atoms with E-state index in [2.05, 4.69) is 10.2 Å². The van der Waals surface area contributed by atoms with E-state index in [0.29, 0.717) is 6.54 Å². The molecule has 0 aliphatic carbocycles. The van der Waals surface area contributed by atoms with Crippen molar-refractivity contribution in [3.05, 3.63) is 18.0 Å². The van der Waals surface area contributed by atoms with Crippen molar-refractivity contribution >= 4 is 23.1 Å². The summed E-state index contributed by atoms with van der Waals surface area (Å²) >= 11 is 4.95. The number of nitrogens with zero attached hydrogens (tertiary/aromatic N) is 2. The zero-order valence-corrected chi connectivity index (χ0v) is 11.1. The predicted molar refractivity (Wildman–Crippen MR) is 70.2 cm³/mol. The summed E-state index contributed by atoms with van der Waals surface area (Å²) in [7, 11) is 1.74. The first-order valence-electron chi connectivity index (χ1n) is 5.45. The second-order valence-corrected chi connectivity index (χ2v) is 4.90. The Kier molecular flexibility index (Phi) is 4.62. The first kappa shape index (κ1) is 13.6. The number of hydrogen-bond donors (Lipinski definition) is 2. The van der Waals surface area contributed by atoms with Crippen LogP contribution in [0.25, 0.3) is 0 Å². The molecule has 1 atom stereocenters. The average molecular weight is 254 g/mol. The number of carbonyl (C=O) groups is 1. The molecule has 0 radical (unpaired) electrons. The molecule has 0 fully saturated rings. The first-order chi connectivity index (χ1) is 7.93. The Labute approximate surface area is 106 Å². The molecule has 1 unspecified atom stereocenters. The lowest BCUT2D eigenvalue weighted by Crippen LogP contribution is -2.41. The lowest BCUT2D eigenvalue weighted by Gasteiger charge is -2.25. The standard InChI is InChI=1S/C11H18N4OS/c1-7(2)9(10(12)17)11(16)15(3)6-8-4-13-14-5-8/h4-5,7,9H,6H2,1-3H3,(H2,12,17)(H,13,14). The molecule has 0 aromatic carbocycles. The highest BCUT2D eigenvalue weighted by Gasteiger charge is 2.27. The van der Waals surface area contributed by atoms with Crippen LogP contribution in [0.5, 0.6) is 0 Å². The van der Waals surface area contributed by atoms with E-state index < -0.39 is 5.92 Å².